The van der Waals surface area contributed by atoms with Gasteiger partial charge in [0.2, 0.25) is 11.8 Å². The average Bonchev–Trinajstić information content (AvgIpc) is 2.28. The van der Waals surface area contributed by atoms with Crippen LogP contribution < -0.4 is 5.32 Å². The maximum atomic E-state index is 11.8. The molecule has 0 fully saturated rings. The third kappa shape index (κ3) is 4.75. The molecule has 1 aromatic carbocycles. The third-order valence-corrected chi connectivity index (χ3v) is 2.62. The Bertz CT molecular complexity index is 435. The molecule has 0 atom stereocenters. The van der Waals surface area contributed by atoms with Gasteiger partial charge in [0.25, 0.3) is 0 Å². The first-order chi connectivity index (χ1) is 8.52. The summed E-state index contributed by atoms with van der Waals surface area (Å²) in [7, 11) is 0. The van der Waals surface area contributed by atoms with Crippen molar-refractivity contribution < 1.29 is 9.59 Å². The van der Waals surface area contributed by atoms with Gasteiger partial charge in [-0.3, -0.25) is 9.59 Å². The van der Waals surface area contributed by atoms with Gasteiger partial charge in [-0.1, -0.05) is 24.6 Å². The minimum atomic E-state index is -0.221. The van der Waals surface area contributed by atoms with Crippen molar-refractivity contribution in [3.8, 4) is 0 Å². The molecule has 98 valence electrons. The highest BCUT2D eigenvalue weighted by atomic mass is 35.5. The minimum Gasteiger partial charge on any atom is -0.334 e. The van der Waals surface area contributed by atoms with Crippen LogP contribution in [0.2, 0.25) is 5.02 Å². The van der Waals surface area contributed by atoms with Crippen LogP contribution in [0.1, 0.15) is 20.3 Å². The van der Waals surface area contributed by atoms with E-state index in [9.17, 15) is 9.59 Å². The Kier molecular flexibility index (Phi) is 5.65. The van der Waals surface area contributed by atoms with Crippen LogP contribution in [0.3, 0.4) is 0 Å². The van der Waals surface area contributed by atoms with Gasteiger partial charge >= 0.3 is 0 Å². The summed E-state index contributed by atoms with van der Waals surface area (Å²) in [6.45, 7) is 4.07. The van der Waals surface area contributed by atoms with E-state index < -0.39 is 0 Å². The second kappa shape index (κ2) is 7.01. The van der Waals surface area contributed by atoms with Gasteiger partial charge in [0.05, 0.1) is 6.54 Å². The fourth-order valence-electron chi connectivity index (χ4n) is 1.56. The van der Waals surface area contributed by atoms with Crippen LogP contribution in [-0.4, -0.2) is 29.8 Å². The monoisotopic (exact) mass is 268 g/mol. The molecule has 2 amide bonds. The summed E-state index contributed by atoms with van der Waals surface area (Å²) in [5, 5.41) is 3.27. The zero-order valence-electron chi connectivity index (χ0n) is 10.6. The highest BCUT2D eigenvalue weighted by Gasteiger charge is 2.12. The van der Waals surface area contributed by atoms with Crippen LogP contribution in [0.25, 0.3) is 0 Å². The average molecular weight is 269 g/mol. The smallest absolute Gasteiger partial charge is 0.243 e. The summed E-state index contributed by atoms with van der Waals surface area (Å²) in [6, 6.07) is 6.90. The van der Waals surface area contributed by atoms with Crippen LogP contribution in [0.4, 0.5) is 5.69 Å². The van der Waals surface area contributed by atoms with Crippen molar-refractivity contribution in [3.63, 3.8) is 0 Å². The van der Waals surface area contributed by atoms with Crippen molar-refractivity contribution in [2.75, 3.05) is 18.4 Å². The molecule has 0 spiro atoms. The van der Waals surface area contributed by atoms with E-state index in [1.165, 1.54) is 11.8 Å². The lowest BCUT2D eigenvalue weighted by Crippen LogP contribution is -2.37. The van der Waals surface area contributed by atoms with Crippen molar-refractivity contribution >= 4 is 29.1 Å². The number of hydrogen-bond acceptors (Lipinski definition) is 2. The van der Waals surface area contributed by atoms with Crippen LogP contribution in [0.5, 0.6) is 0 Å². The van der Waals surface area contributed by atoms with Crippen LogP contribution >= 0.6 is 11.6 Å². The van der Waals surface area contributed by atoms with E-state index in [0.717, 1.165) is 6.42 Å². The maximum absolute atomic E-state index is 11.8. The number of carbonyl (C=O) groups excluding carboxylic acids is 2. The highest BCUT2D eigenvalue weighted by Crippen LogP contribution is 2.14. The van der Waals surface area contributed by atoms with E-state index >= 15 is 0 Å². The molecule has 0 aliphatic rings. The first-order valence-electron chi connectivity index (χ1n) is 5.84. The molecule has 0 saturated carbocycles. The van der Waals surface area contributed by atoms with Crippen LogP contribution in [0.15, 0.2) is 24.3 Å². The summed E-state index contributed by atoms with van der Waals surface area (Å²) < 4.78 is 0. The number of hydrogen-bond donors (Lipinski definition) is 1. The molecule has 0 aliphatic heterocycles. The Morgan fingerprint density at radius 1 is 1.39 bits per heavy atom. The summed E-state index contributed by atoms with van der Waals surface area (Å²) in [5.74, 6) is -0.320. The Labute approximate surface area is 112 Å². The number of nitrogens with zero attached hydrogens (tertiary/aromatic N) is 1. The number of nitrogens with one attached hydrogen (secondary N) is 1. The number of carbonyl (C=O) groups is 2. The van der Waals surface area contributed by atoms with E-state index in [2.05, 4.69) is 5.32 Å². The van der Waals surface area contributed by atoms with Gasteiger partial charge in [0, 0.05) is 24.2 Å². The molecule has 0 radical (unpaired) electrons. The highest BCUT2D eigenvalue weighted by molar-refractivity contribution is 6.30. The molecule has 0 saturated heterocycles. The first kappa shape index (κ1) is 14.5. The molecule has 18 heavy (non-hydrogen) atoms. The largest absolute Gasteiger partial charge is 0.334 e. The Morgan fingerprint density at radius 3 is 2.67 bits per heavy atom. The topological polar surface area (TPSA) is 49.4 Å². The quantitative estimate of drug-likeness (QED) is 0.892. The Hall–Kier alpha value is -1.55. The second-order valence-corrected chi connectivity index (χ2v) is 4.44. The van der Waals surface area contributed by atoms with Crippen molar-refractivity contribution in [2.45, 2.75) is 20.3 Å². The molecule has 0 aromatic heterocycles. The van der Waals surface area contributed by atoms with Gasteiger partial charge in [-0.25, -0.2) is 0 Å². The predicted molar refractivity (Wildman–Crippen MR) is 72.6 cm³/mol. The van der Waals surface area contributed by atoms with E-state index in [4.69, 9.17) is 11.6 Å². The zero-order chi connectivity index (χ0) is 13.5. The normalized spacial score (nSPS) is 9.94. The fourth-order valence-corrected chi connectivity index (χ4v) is 1.75. The van der Waals surface area contributed by atoms with Gasteiger partial charge in [-0.2, -0.15) is 0 Å². The predicted octanol–water partition coefficient (Wildman–Crippen LogP) is 2.54. The number of amides is 2. The van der Waals surface area contributed by atoms with Gasteiger partial charge in [0.1, 0.15) is 0 Å². The summed E-state index contributed by atoms with van der Waals surface area (Å²) >= 11 is 5.82. The lowest BCUT2D eigenvalue weighted by atomic mass is 10.3. The minimum absolute atomic E-state index is 0.0652. The zero-order valence-corrected chi connectivity index (χ0v) is 11.3. The van der Waals surface area contributed by atoms with E-state index in [-0.39, 0.29) is 18.4 Å². The summed E-state index contributed by atoms with van der Waals surface area (Å²) in [4.78, 5) is 24.6. The number of benzene rings is 1. The molecule has 1 aromatic rings. The lowest BCUT2D eigenvalue weighted by molar-refractivity contribution is -0.132. The van der Waals surface area contributed by atoms with Gasteiger partial charge in [-0.15, -0.1) is 0 Å². The molecular formula is C13H17ClN2O2. The van der Waals surface area contributed by atoms with Crippen LogP contribution in [0, 0.1) is 0 Å². The van der Waals surface area contributed by atoms with Crippen molar-refractivity contribution in [1.29, 1.82) is 0 Å². The van der Waals surface area contributed by atoms with E-state index in [1.54, 1.807) is 24.3 Å². The molecular weight excluding hydrogens is 252 g/mol. The molecule has 1 N–H and O–H groups in total. The van der Waals surface area contributed by atoms with Crippen molar-refractivity contribution in [1.82, 2.24) is 4.90 Å². The molecule has 1 rings (SSSR count). The molecule has 5 heteroatoms. The molecule has 0 unspecified atom stereocenters. The number of anilines is 1. The fraction of sp³-hybridized carbons (Fsp3) is 0.385. The van der Waals surface area contributed by atoms with Gasteiger partial charge in [0.15, 0.2) is 0 Å². The first-order valence-corrected chi connectivity index (χ1v) is 6.21. The number of rotatable bonds is 5. The Balaban J connectivity index is 2.57. The maximum Gasteiger partial charge on any atom is 0.243 e. The second-order valence-electron chi connectivity index (χ2n) is 4.00. The third-order valence-electron chi connectivity index (χ3n) is 2.38. The van der Waals surface area contributed by atoms with E-state index in [0.29, 0.717) is 17.3 Å². The standard InChI is InChI=1S/C13H17ClN2O2/c1-3-7-16(10(2)17)9-13(18)15-12-6-4-5-11(14)8-12/h4-6,8H,3,7,9H2,1-2H3,(H,15,18). The summed E-state index contributed by atoms with van der Waals surface area (Å²) in [5.41, 5.74) is 0.632. The van der Waals surface area contributed by atoms with Gasteiger partial charge in [-0.05, 0) is 24.6 Å². The van der Waals surface area contributed by atoms with Crippen LogP contribution in [-0.2, 0) is 9.59 Å². The molecule has 4 nitrogen and oxygen atoms in total. The molecule has 0 heterocycles. The van der Waals surface area contributed by atoms with E-state index in [1.807, 2.05) is 6.92 Å². The molecule has 0 aliphatic carbocycles. The van der Waals surface area contributed by atoms with Crippen molar-refractivity contribution in [2.24, 2.45) is 0 Å². The Morgan fingerprint density at radius 2 is 2.11 bits per heavy atom. The van der Waals surface area contributed by atoms with Gasteiger partial charge < -0.3 is 10.2 Å². The summed E-state index contributed by atoms with van der Waals surface area (Å²) in [6.07, 6.45) is 0.823. The number of halogens is 1. The van der Waals surface area contributed by atoms with Crippen molar-refractivity contribution in [3.05, 3.63) is 29.3 Å². The molecule has 0 bridgehead atoms. The lowest BCUT2D eigenvalue weighted by Gasteiger charge is -2.19. The SMILES string of the molecule is CCCN(CC(=O)Nc1cccc(Cl)c1)C(C)=O.